The number of ether oxygens (including phenoxy) is 2. The molecule has 0 aliphatic heterocycles. The Labute approximate surface area is 151 Å². The van der Waals surface area contributed by atoms with Crippen molar-refractivity contribution >= 4 is 27.5 Å². The summed E-state index contributed by atoms with van der Waals surface area (Å²) in [6.45, 7) is 6.01. The van der Waals surface area contributed by atoms with Crippen molar-refractivity contribution in [1.82, 2.24) is 0 Å². The number of carbonyl (C=O) groups is 1. The number of rotatable bonds is 7. The lowest BCUT2D eigenvalue weighted by Crippen LogP contribution is -2.20. The second-order valence-corrected chi connectivity index (χ2v) is 6.47. The predicted molar refractivity (Wildman–Crippen MR) is 99.8 cm³/mol. The Morgan fingerprint density at radius 1 is 1.21 bits per heavy atom. The van der Waals surface area contributed by atoms with Gasteiger partial charge in [-0.3, -0.25) is 4.79 Å². The van der Waals surface area contributed by atoms with Crippen molar-refractivity contribution in [3.05, 3.63) is 52.5 Å². The van der Waals surface area contributed by atoms with Crippen LogP contribution >= 0.6 is 15.9 Å². The number of carbonyl (C=O) groups excluding carboxylic acids is 1. The van der Waals surface area contributed by atoms with E-state index in [-0.39, 0.29) is 18.6 Å². The highest BCUT2D eigenvalue weighted by Gasteiger charge is 2.07. The maximum Gasteiger partial charge on any atom is 0.262 e. The predicted octanol–water partition coefficient (Wildman–Crippen LogP) is 4.95. The van der Waals surface area contributed by atoms with E-state index in [0.717, 1.165) is 22.2 Å². The molecule has 2 aromatic rings. The molecule has 4 nitrogen and oxygen atoms in total. The van der Waals surface area contributed by atoms with E-state index in [4.69, 9.17) is 9.47 Å². The minimum atomic E-state index is -0.212. The normalized spacial score (nSPS) is 11.7. The number of anilines is 1. The molecule has 2 aromatic carbocycles. The quantitative estimate of drug-likeness (QED) is 0.725. The molecule has 0 aromatic heterocycles. The Kier molecular flexibility index (Phi) is 6.67. The van der Waals surface area contributed by atoms with Crippen molar-refractivity contribution in [1.29, 1.82) is 0 Å². The monoisotopic (exact) mass is 391 g/mol. The van der Waals surface area contributed by atoms with Crippen LogP contribution < -0.4 is 14.8 Å². The highest BCUT2D eigenvalue weighted by molar-refractivity contribution is 9.10. The Morgan fingerprint density at radius 3 is 2.71 bits per heavy atom. The summed E-state index contributed by atoms with van der Waals surface area (Å²) in [5, 5.41) is 2.82. The van der Waals surface area contributed by atoms with Gasteiger partial charge in [0.05, 0.1) is 6.10 Å². The minimum absolute atomic E-state index is 0.0441. The molecule has 1 unspecified atom stereocenters. The zero-order valence-electron chi connectivity index (χ0n) is 14.1. The van der Waals surface area contributed by atoms with Crippen molar-refractivity contribution < 1.29 is 14.3 Å². The van der Waals surface area contributed by atoms with Gasteiger partial charge in [0.1, 0.15) is 11.5 Å². The van der Waals surface area contributed by atoms with Crippen LogP contribution in [0.2, 0.25) is 0 Å². The molecule has 0 radical (unpaired) electrons. The van der Waals surface area contributed by atoms with Gasteiger partial charge in [-0.25, -0.2) is 0 Å². The first kappa shape index (κ1) is 18.3. The summed E-state index contributed by atoms with van der Waals surface area (Å²) in [4.78, 5) is 12.0. The van der Waals surface area contributed by atoms with E-state index >= 15 is 0 Å². The highest BCUT2D eigenvalue weighted by atomic mass is 79.9. The molecule has 128 valence electrons. The molecule has 24 heavy (non-hydrogen) atoms. The second kappa shape index (κ2) is 8.73. The van der Waals surface area contributed by atoms with Crippen LogP contribution in [0.15, 0.2) is 46.9 Å². The van der Waals surface area contributed by atoms with Gasteiger partial charge in [0.15, 0.2) is 6.61 Å². The first-order chi connectivity index (χ1) is 11.5. The highest BCUT2D eigenvalue weighted by Crippen LogP contribution is 2.22. The minimum Gasteiger partial charge on any atom is -0.491 e. The summed E-state index contributed by atoms with van der Waals surface area (Å²) in [6, 6.07) is 13.0. The average Bonchev–Trinajstić information content (AvgIpc) is 2.56. The van der Waals surface area contributed by atoms with Gasteiger partial charge in [-0.1, -0.05) is 28.9 Å². The maximum atomic E-state index is 12.0. The first-order valence-electron chi connectivity index (χ1n) is 7.93. The van der Waals surface area contributed by atoms with Gasteiger partial charge in [-0.2, -0.15) is 0 Å². The number of benzene rings is 2. The fraction of sp³-hybridized carbons (Fsp3) is 0.316. The topological polar surface area (TPSA) is 47.6 Å². The van der Waals surface area contributed by atoms with E-state index in [1.807, 2.05) is 56.3 Å². The van der Waals surface area contributed by atoms with Crippen molar-refractivity contribution in [2.75, 3.05) is 11.9 Å². The molecular formula is C19H22BrNO3. The largest absolute Gasteiger partial charge is 0.491 e. The number of hydrogen-bond donors (Lipinski definition) is 1. The van der Waals surface area contributed by atoms with E-state index in [0.29, 0.717) is 11.4 Å². The van der Waals surface area contributed by atoms with Crippen LogP contribution in [0.25, 0.3) is 0 Å². The van der Waals surface area contributed by atoms with Crippen LogP contribution in [0, 0.1) is 6.92 Å². The van der Waals surface area contributed by atoms with Crippen LogP contribution in [0.1, 0.15) is 25.8 Å². The molecular weight excluding hydrogens is 370 g/mol. The van der Waals surface area contributed by atoms with E-state index in [1.54, 1.807) is 0 Å². The van der Waals surface area contributed by atoms with Gasteiger partial charge in [0.2, 0.25) is 0 Å². The van der Waals surface area contributed by atoms with Crippen LogP contribution in [-0.2, 0) is 4.79 Å². The van der Waals surface area contributed by atoms with Crippen molar-refractivity contribution in [2.24, 2.45) is 0 Å². The Morgan fingerprint density at radius 2 is 2.00 bits per heavy atom. The van der Waals surface area contributed by atoms with E-state index in [9.17, 15) is 4.79 Å². The summed E-state index contributed by atoms with van der Waals surface area (Å²) >= 11 is 3.44. The van der Waals surface area contributed by atoms with Gasteiger partial charge >= 0.3 is 0 Å². The summed E-state index contributed by atoms with van der Waals surface area (Å²) in [7, 11) is 0. The zero-order valence-corrected chi connectivity index (χ0v) is 15.7. The van der Waals surface area contributed by atoms with E-state index in [2.05, 4.69) is 28.2 Å². The lowest BCUT2D eigenvalue weighted by molar-refractivity contribution is -0.118. The molecule has 0 spiro atoms. The lowest BCUT2D eigenvalue weighted by Gasteiger charge is -2.14. The molecule has 0 heterocycles. The summed E-state index contributed by atoms with van der Waals surface area (Å²) in [6.07, 6.45) is 1.07. The number of halogens is 1. The smallest absolute Gasteiger partial charge is 0.262 e. The maximum absolute atomic E-state index is 12.0. The molecule has 0 aliphatic rings. The molecule has 0 aliphatic carbocycles. The molecule has 0 saturated heterocycles. The van der Waals surface area contributed by atoms with Crippen LogP contribution in [0.3, 0.4) is 0 Å². The Bertz CT molecular complexity index is 703. The van der Waals surface area contributed by atoms with Gasteiger partial charge < -0.3 is 14.8 Å². The fourth-order valence-corrected chi connectivity index (χ4v) is 2.26. The Balaban J connectivity index is 1.90. The number of aryl methyl sites for hydroxylation is 1. The van der Waals surface area contributed by atoms with Crippen molar-refractivity contribution in [2.45, 2.75) is 33.3 Å². The third-order valence-electron chi connectivity index (χ3n) is 3.53. The summed E-state index contributed by atoms with van der Waals surface area (Å²) in [5.74, 6) is 1.20. The SMILES string of the molecule is CCC(C)Oc1cccc(NC(=O)COc2ccc(Br)c(C)c2)c1. The standard InChI is InChI=1S/C19H22BrNO3/c1-4-14(3)24-17-7-5-6-15(11-17)21-19(22)12-23-16-8-9-18(20)13(2)10-16/h5-11,14H,4,12H2,1-3H3,(H,21,22). The van der Waals surface area contributed by atoms with Crippen LogP contribution in [-0.4, -0.2) is 18.6 Å². The van der Waals surface area contributed by atoms with Crippen molar-refractivity contribution in [3.63, 3.8) is 0 Å². The third-order valence-corrected chi connectivity index (χ3v) is 4.42. The molecule has 1 amide bonds. The number of amides is 1. The van der Waals surface area contributed by atoms with Gasteiger partial charge in [-0.05, 0) is 56.2 Å². The van der Waals surface area contributed by atoms with Gasteiger partial charge in [0.25, 0.3) is 5.91 Å². The number of nitrogens with one attached hydrogen (secondary N) is 1. The van der Waals surface area contributed by atoms with E-state index < -0.39 is 0 Å². The summed E-state index contributed by atoms with van der Waals surface area (Å²) < 4.78 is 12.3. The first-order valence-corrected chi connectivity index (χ1v) is 8.72. The second-order valence-electron chi connectivity index (χ2n) is 5.61. The fourth-order valence-electron chi connectivity index (χ4n) is 2.02. The van der Waals surface area contributed by atoms with Gasteiger partial charge in [0, 0.05) is 16.2 Å². The third kappa shape index (κ3) is 5.57. The van der Waals surface area contributed by atoms with Crippen LogP contribution in [0.4, 0.5) is 5.69 Å². The zero-order chi connectivity index (χ0) is 17.5. The van der Waals surface area contributed by atoms with Gasteiger partial charge in [-0.15, -0.1) is 0 Å². The molecule has 0 saturated carbocycles. The molecule has 2 rings (SSSR count). The molecule has 0 bridgehead atoms. The molecule has 5 heteroatoms. The van der Waals surface area contributed by atoms with Crippen molar-refractivity contribution in [3.8, 4) is 11.5 Å². The molecule has 1 atom stereocenters. The number of hydrogen-bond acceptors (Lipinski definition) is 3. The average molecular weight is 392 g/mol. The molecule has 1 N–H and O–H groups in total. The summed E-state index contributed by atoms with van der Waals surface area (Å²) in [5.41, 5.74) is 1.75. The molecule has 0 fully saturated rings. The lowest BCUT2D eigenvalue weighted by atomic mass is 10.2. The van der Waals surface area contributed by atoms with E-state index in [1.165, 1.54) is 0 Å². The van der Waals surface area contributed by atoms with Crippen LogP contribution in [0.5, 0.6) is 11.5 Å². The Hall–Kier alpha value is -2.01.